The number of carbonyl (C=O) groups excluding carboxylic acids is 1. The van der Waals surface area contributed by atoms with Gasteiger partial charge in [0.25, 0.3) is 0 Å². The van der Waals surface area contributed by atoms with Gasteiger partial charge in [-0.15, -0.1) is 11.8 Å². The van der Waals surface area contributed by atoms with Gasteiger partial charge in [0, 0.05) is 41.1 Å². The number of nitrogens with zero attached hydrogens (tertiary/aromatic N) is 1. The fourth-order valence-electron chi connectivity index (χ4n) is 1.90. The number of fused-ring (bicyclic) bond motifs is 1. The molecule has 1 aliphatic rings. The Hall–Kier alpha value is -1.22. The molecule has 0 spiro atoms. The van der Waals surface area contributed by atoms with Crippen LogP contribution in [0.25, 0.3) is 0 Å². The Labute approximate surface area is 107 Å². The monoisotopic (exact) mass is 247 g/mol. The SMILES string of the molecule is CCN(C=C1CSc2ccccc2C1=O)CC. The highest BCUT2D eigenvalue weighted by molar-refractivity contribution is 7.99. The number of thioether (sulfide) groups is 1. The lowest BCUT2D eigenvalue weighted by molar-refractivity contribution is 0.102. The Morgan fingerprint density at radius 3 is 2.71 bits per heavy atom. The van der Waals surface area contributed by atoms with Crippen LogP contribution in [0.5, 0.6) is 0 Å². The van der Waals surface area contributed by atoms with Crippen LogP contribution in [0.15, 0.2) is 40.9 Å². The summed E-state index contributed by atoms with van der Waals surface area (Å²) >= 11 is 1.75. The van der Waals surface area contributed by atoms with Crippen molar-refractivity contribution < 1.29 is 4.79 Å². The van der Waals surface area contributed by atoms with E-state index in [4.69, 9.17) is 0 Å². The second-order valence-electron chi connectivity index (χ2n) is 3.99. The van der Waals surface area contributed by atoms with Gasteiger partial charge in [-0.3, -0.25) is 4.79 Å². The number of benzene rings is 1. The molecule has 0 amide bonds. The molecule has 1 aromatic rings. The molecule has 2 rings (SSSR count). The Bertz CT molecular complexity index is 449. The van der Waals surface area contributed by atoms with Crippen molar-refractivity contribution in [3.8, 4) is 0 Å². The number of Topliss-reactive ketones (excluding diaryl/α,β-unsaturated/α-hetero) is 1. The normalized spacial score (nSPS) is 17.1. The van der Waals surface area contributed by atoms with E-state index < -0.39 is 0 Å². The maximum atomic E-state index is 12.3. The van der Waals surface area contributed by atoms with Gasteiger partial charge in [0.15, 0.2) is 5.78 Å². The van der Waals surface area contributed by atoms with Crippen molar-refractivity contribution in [3.63, 3.8) is 0 Å². The lowest BCUT2D eigenvalue weighted by Crippen LogP contribution is -2.20. The van der Waals surface area contributed by atoms with Crippen LogP contribution >= 0.6 is 11.8 Å². The summed E-state index contributed by atoms with van der Waals surface area (Å²) in [7, 11) is 0. The fraction of sp³-hybridized carbons (Fsp3) is 0.357. The van der Waals surface area contributed by atoms with Crippen LogP contribution in [0.3, 0.4) is 0 Å². The van der Waals surface area contributed by atoms with E-state index in [9.17, 15) is 4.79 Å². The predicted octanol–water partition coefficient (Wildman–Crippen LogP) is 3.20. The molecular weight excluding hydrogens is 230 g/mol. The summed E-state index contributed by atoms with van der Waals surface area (Å²) in [5, 5.41) is 0. The second-order valence-corrected chi connectivity index (χ2v) is 5.01. The van der Waals surface area contributed by atoms with E-state index in [2.05, 4.69) is 18.7 Å². The maximum absolute atomic E-state index is 12.3. The number of ketones is 1. The summed E-state index contributed by atoms with van der Waals surface area (Å²) < 4.78 is 0. The molecule has 3 heteroatoms. The van der Waals surface area contributed by atoms with Gasteiger partial charge in [-0.2, -0.15) is 0 Å². The Morgan fingerprint density at radius 2 is 2.00 bits per heavy atom. The molecule has 0 fully saturated rings. The van der Waals surface area contributed by atoms with Crippen molar-refractivity contribution in [1.82, 2.24) is 4.90 Å². The second kappa shape index (κ2) is 5.41. The van der Waals surface area contributed by atoms with Crippen LogP contribution in [-0.2, 0) is 0 Å². The zero-order valence-electron chi connectivity index (χ0n) is 10.3. The topological polar surface area (TPSA) is 20.3 Å². The first-order valence-electron chi connectivity index (χ1n) is 5.97. The smallest absolute Gasteiger partial charge is 0.192 e. The Morgan fingerprint density at radius 1 is 1.29 bits per heavy atom. The minimum atomic E-state index is 0.186. The van der Waals surface area contributed by atoms with Crippen molar-refractivity contribution in [2.24, 2.45) is 0 Å². The third-order valence-corrected chi connectivity index (χ3v) is 4.08. The van der Waals surface area contributed by atoms with E-state index in [1.807, 2.05) is 30.5 Å². The quantitative estimate of drug-likeness (QED) is 0.765. The third kappa shape index (κ3) is 2.55. The molecule has 2 nitrogen and oxygen atoms in total. The first-order valence-corrected chi connectivity index (χ1v) is 6.96. The lowest BCUT2D eigenvalue weighted by atomic mass is 10.0. The largest absolute Gasteiger partial charge is 0.378 e. The molecule has 0 N–H and O–H groups in total. The molecule has 1 aliphatic heterocycles. The van der Waals surface area contributed by atoms with Gasteiger partial charge in [-0.1, -0.05) is 12.1 Å². The molecule has 0 unspecified atom stereocenters. The highest BCUT2D eigenvalue weighted by Gasteiger charge is 2.22. The minimum absolute atomic E-state index is 0.186. The molecule has 0 saturated heterocycles. The van der Waals surface area contributed by atoms with Crippen molar-refractivity contribution in [1.29, 1.82) is 0 Å². The van der Waals surface area contributed by atoms with Crippen LogP contribution in [0.4, 0.5) is 0 Å². The van der Waals surface area contributed by atoms with Gasteiger partial charge in [0.2, 0.25) is 0 Å². The van der Waals surface area contributed by atoms with Gasteiger partial charge < -0.3 is 4.90 Å². The van der Waals surface area contributed by atoms with Crippen molar-refractivity contribution in [2.75, 3.05) is 18.8 Å². The highest BCUT2D eigenvalue weighted by atomic mass is 32.2. The number of carbonyl (C=O) groups is 1. The molecule has 1 aromatic carbocycles. The van der Waals surface area contributed by atoms with E-state index in [-0.39, 0.29) is 5.78 Å². The fourth-order valence-corrected chi connectivity index (χ4v) is 2.90. The molecule has 1 heterocycles. The third-order valence-electron chi connectivity index (χ3n) is 2.96. The molecule has 0 bridgehead atoms. The van der Waals surface area contributed by atoms with E-state index >= 15 is 0 Å². The van der Waals surface area contributed by atoms with Crippen molar-refractivity contribution in [2.45, 2.75) is 18.7 Å². The van der Waals surface area contributed by atoms with Gasteiger partial charge >= 0.3 is 0 Å². The molecule has 0 saturated carbocycles. The molecular formula is C14H17NOS. The summed E-state index contributed by atoms with van der Waals surface area (Å²) in [4.78, 5) is 15.5. The van der Waals surface area contributed by atoms with Crippen LogP contribution in [0.2, 0.25) is 0 Å². The lowest BCUT2D eigenvalue weighted by Gasteiger charge is -2.21. The molecule has 0 aliphatic carbocycles. The van der Waals surface area contributed by atoms with Gasteiger partial charge in [-0.05, 0) is 26.0 Å². The van der Waals surface area contributed by atoms with Gasteiger partial charge in [0.1, 0.15) is 0 Å². The molecule has 0 aromatic heterocycles. The first kappa shape index (κ1) is 12.2. The maximum Gasteiger partial charge on any atom is 0.192 e. The molecule has 90 valence electrons. The minimum Gasteiger partial charge on any atom is -0.378 e. The van der Waals surface area contributed by atoms with Crippen molar-refractivity contribution >= 4 is 17.5 Å². The molecule has 0 atom stereocenters. The number of rotatable bonds is 3. The van der Waals surface area contributed by atoms with Crippen molar-refractivity contribution in [3.05, 3.63) is 41.6 Å². The van der Waals surface area contributed by atoms with Crippen LogP contribution in [0.1, 0.15) is 24.2 Å². The predicted molar refractivity (Wildman–Crippen MR) is 72.5 cm³/mol. The number of hydrogen-bond acceptors (Lipinski definition) is 3. The first-order chi connectivity index (χ1) is 8.26. The molecule has 0 radical (unpaired) electrons. The number of hydrogen-bond donors (Lipinski definition) is 0. The zero-order valence-corrected chi connectivity index (χ0v) is 11.1. The average Bonchev–Trinajstić information content (AvgIpc) is 2.38. The van der Waals surface area contributed by atoms with Crippen LogP contribution in [-0.4, -0.2) is 29.5 Å². The zero-order chi connectivity index (χ0) is 12.3. The van der Waals surface area contributed by atoms with Crippen LogP contribution in [0, 0.1) is 0 Å². The average molecular weight is 247 g/mol. The summed E-state index contributed by atoms with van der Waals surface area (Å²) in [6, 6.07) is 7.85. The standard InChI is InChI=1S/C14H17NOS/c1-3-15(4-2)9-11-10-17-13-8-6-5-7-12(13)14(11)16/h5-9H,3-4,10H2,1-2H3. The van der Waals surface area contributed by atoms with Gasteiger partial charge in [0.05, 0.1) is 0 Å². The summed E-state index contributed by atoms with van der Waals surface area (Å²) in [6.07, 6.45) is 2.02. The van der Waals surface area contributed by atoms with Gasteiger partial charge in [-0.25, -0.2) is 0 Å². The van der Waals surface area contributed by atoms with E-state index in [0.29, 0.717) is 0 Å². The Balaban J connectivity index is 2.28. The molecule has 17 heavy (non-hydrogen) atoms. The highest BCUT2D eigenvalue weighted by Crippen LogP contribution is 2.32. The van der Waals surface area contributed by atoms with E-state index in [1.165, 1.54) is 0 Å². The van der Waals surface area contributed by atoms with E-state index in [1.54, 1.807) is 11.8 Å². The summed E-state index contributed by atoms with van der Waals surface area (Å²) in [5.74, 6) is 0.970. The van der Waals surface area contributed by atoms with E-state index in [0.717, 1.165) is 34.9 Å². The Kier molecular flexibility index (Phi) is 3.89. The summed E-state index contributed by atoms with van der Waals surface area (Å²) in [5.41, 5.74) is 1.76. The summed E-state index contributed by atoms with van der Waals surface area (Å²) in [6.45, 7) is 6.10. The van der Waals surface area contributed by atoms with Crippen LogP contribution < -0.4 is 0 Å².